The van der Waals surface area contributed by atoms with Crippen LogP contribution in [0.4, 0.5) is 0 Å². The number of hydrogen-bond acceptors (Lipinski definition) is 4. The second-order valence-corrected chi connectivity index (χ2v) is 6.40. The molecule has 1 saturated heterocycles. The molecule has 1 atom stereocenters. The molecule has 3 nitrogen and oxygen atoms in total. The fourth-order valence-electron chi connectivity index (χ4n) is 2.41. The molecule has 1 aromatic rings. The number of thiazole rings is 1. The monoisotopic (exact) mass is 289 g/mol. The Morgan fingerprint density at radius 2 is 2.33 bits per heavy atom. The Morgan fingerprint density at radius 1 is 1.56 bits per heavy atom. The van der Waals surface area contributed by atoms with E-state index in [9.17, 15) is 0 Å². The van der Waals surface area contributed by atoms with E-state index in [2.05, 4.69) is 29.1 Å². The summed E-state index contributed by atoms with van der Waals surface area (Å²) in [7, 11) is 0. The molecule has 2 N–H and O–H groups in total. The van der Waals surface area contributed by atoms with E-state index < -0.39 is 0 Å². The lowest BCUT2D eigenvalue weighted by Gasteiger charge is -2.21. The van der Waals surface area contributed by atoms with Crippen LogP contribution in [0.25, 0.3) is 0 Å². The van der Waals surface area contributed by atoms with Crippen molar-refractivity contribution in [2.45, 2.75) is 39.7 Å². The van der Waals surface area contributed by atoms with E-state index in [1.54, 1.807) is 11.3 Å². The predicted molar refractivity (Wildman–Crippen MR) is 80.4 cm³/mol. The van der Waals surface area contributed by atoms with Crippen LogP contribution in [0.15, 0.2) is 5.38 Å². The molecular weight excluding hydrogens is 266 g/mol. The van der Waals surface area contributed by atoms with Crippen LogP contribution in [0, 0.1) is 5.41 Å². The van der Waals surface area contributed by atoms with Gasteiger partial charge in [0.05, 0.1) is 12.2 Å². The first-order valence-electron chi connectivity index (χ1n) is 6.51. The number of halogens is 1. The number of aromatic nitrogens is 1. The van der Waals surface area contributed by atoms with E-state index >= 15 is 0 Å². The van der Waals surface area contributed by atoms with Crippen molar-refractivity contribution < 1.29 is 0 Å². The summed E-state index contributed by atoms with van der Waals surface area (Å²) in [6.07, 6.45) is 3.51. The average molecular weight is 290 g/mol. The van der Waals surface area contributed by atoms with Gasteiger partial charge in [-0.05, 0) is 31.3 Å². The third kappa shape index (κ3) is 3.92. The SMILES string of the molecule is CCCc1csc(CN2CCC(C)(CN)C2)n1.Cl. The van der Waals surface area contributed by atoms with Crippen LogP contribution in [0.1, 0.15) is 37.4 Å². The summed E-state index contributed by atoms with van der Waals surface area (Å²) in [5.41, 5.74) is 7.41. The lowest BCUT2D eigenvalue weighted by molar-refractivity contribution is 0.274. The van der Waals surface area contributed by atoms with Gasteiger partial charge in [0.1, 0.15) is 5.01 Å². The van der Waals surface area contributed by atoms with Gasteiger partial charge in [-0.15, -0.1) is 23.7 Å². The molecule has 18 heavy (non-hydrogen) atoms. The molecule has 1 fully saturated rings. The van der Waals surface area contributed by atoms with Crippen molar-refractivity contribution in [2.24, 2.45) is 11.1 Å². The molecule has 2 heterocycles. The molecule has 0 aromatic carbocycles. The van der Waals surface area contributed by atoms with Crippen molar-refractivity contribution in [3.8, 4) is 0 Å². The van der Waals surface area contributed by atoms with Gasteiger partial charge in [0.15, 0.2) is 0 Å². The predicted octanol–water partition coefficient (Wildman–Crippen LogP) is 2.69. The van der Waals surface area contributed by atoms with Crippen molar-refractivity contribution in [2.75, 3.05) is 19.6 Å². The Morgan fingerprint density at radius 3 is 2.94 bits per heavy atom. The van der Waals surface area contributed by atoms with Gasteiger partial charge in [-0.3, -0.25) is 4.90 Å². The molecule has 0 amide bonds. The highest BCUT2D eigenvalue weighted by Gasteiger charge is 2.32. The molecule has 1 aromatic heterocycles. The Labute approximate surface area is 120 Å². The van der Waals surface area contributed by atoms with Gasteiger partial charge in [0.25, 0.3) is 0 Å². The molecule has 5 heteroatoms. The summed E-state index contributed by atoms with van der Waals surface area (Å²) in [6, 6.07) is 0. The molecule has 0 radical (unpaired) electrons. The number of nitrogens with zero attached hydrogens (tertiary/aromatic N) is 2. The van der Waals surface area contributed by atoms with E-state index in [1.807, 2.05) is 0 Å². The first kappa shape index (κ1) is 15.9. The first-order chi connectivity index (χ1) is 8.15. The largest absolute Gasteiger partial charge is 0.330 e. The van der Waals surface area contributed by atoms with E-state index in [0.717, 1.165) is 32.6 Å². The molecule has 0 saturated carbocycles. The highest BCUT2D eigenvalue weighted by molar-refractivity contribution is 7.09. The van der Waals surface area contributed by atoms with Crippen LogP contribution < -0.4 is 5.73 Å². The smallest absolute Gasteiger partial charge is 0.107 e. The number of nitrogens with two attached hydrogens (primary N) is 1. The molecule has 0 bridgehead atoms. The number of aryl methyl sites for hydroxylation is 1. The first-order valence-corrected chi connectivity index (χ1v) is 7.39. The van der Waals surface area contributed by atoms with E-state index in [1.165, 1.54) is 23.5 Å². The Hall–Kier alpha value is -0.160. The molecule has 1 unspecified atom stereocenters. The maximum Gasteiger partial charge on any atom is 0.107 e. The zero-order valence-corrected chi connectivity index (χ0v) is 12.9. The van der Waals surface area contributed by atoms with Crippen LogP contribution in [-0.4, -0.2) is 29.5 Å². The molecule has 1 aliphatic heterocycles. The van der Waals surface area contributed by atoms with Crippen LogP contribution in [0.3, 0.4) is 0 Å². The van der Waals surface area contributed by atoms with Crippen molar-refractivity contribution >= 4 is 23.7 Å². The van der Waals surface area contributed by atoms with Gasteiger partial charge >= 0.3 is 0 Å². The van der Waals surface area contributed by atoms with Gasteiger partial charge in [0, 0.05) is 11.9 Å². The van der Waals surface area contributed by atoms with Crippen LogP contribution in [0.5, 0.6) is 0 Å². The minimum atomic E-state index is 0. The van der Waals surface area contributed by atoms with Gasteiger partial charge < -0.3 is 5.73 Å². The third-order valence-corrected chi connectivity index (χ3v) is 4.48. The van der Waals surface area contributed by atoms with Crippen molar-refractivity contribution in [1.29, 1.82) is 0 Å². The maximum absolute atomic E-state index is 5.83. The van der Waals surface area contributed by atoms with Crippen molar-refractivity contribution in [3.63, 3.8) is 0 Å². The molecule has 1 aliphatic rings. The number of rotatable bonds is 5. The summed E-state index contributed by atoms with van der Waals surface area (Å²) in [6.45, 7) is 8.57. The fraction of sp³-hybridized carbons (Fsp3) is 0.769. The van der Waals surface area contributed by atoms with Crippen molar-refractivity contribution in [3.05, 3.63) is 16.1 Å². The summed E-state index contributed by atoms with van der Waals surface area (Å²) < 4.78 is 0. The quantitative estimate of drug-likeness (QED) is 0.906. The third-order valence-electron chi connectivity index (χ3n) is 3.59. The zero-order valence-electron chi connectivity index (χ0n) is 11.3. The fourth-order valence-corrected chi connectivity index (χ4v) is 3.28. The Bertz CT molecular complexity index is 369. The van der Waals surface area contributed by atoms with Crippen molar-refractivity contribution in [1.82, 2.24) is 9.88 Å². The second-order valence-electron chi connectivity index (χ2n) is 5.46. The number of hydrogen-bond donors (Lipinski definition) is 1. The van der Waals surface area contributed by atoms with Crippen LogP contribution in [0.2, 0.25) is 0 Å². The Kier molecular flexibility index (Phi) is 6.05. The van der Waals surface area contributed by atoms with Gasteiger partial charge in [-0.25, -0.2) is 4.98 Å². The molecule has 0 aliphatic carbocycles. The number of likely N-dealkylation sites (tertiary alicyclic amines) is 1. The lowest BCUT2D eigenvalue weighted by Crippen LogP contribution is -2.31. The van der Waals surface area contributed by atoms with Gasteiger partial charge in [0.2, 0.25) is 0 Å². The van der Waals surface area contributed by atoms with Crippen LogP contribution in [-0.2, 0) is 13.0 Å². The zero-order chi connectivity index (χ0) is 12.3. The van der Waals surface area contributed by atoms with Crippen LogP contribution >= 0.6 is 23.7 Å². The molecule has 0 spiro atoms. The second kappa shape index (κ2) is 6.85. The van der Waals surface area contributed by atoms with Gasteiger partial charge in [-0.1, -0.05) is 20.3 Å². The van der Waals surface area contributed by atoms with E-state index in [-0.39, 0.29) is 12.4 Å². The maximum atomic E-state index is 5.83. The lowest BCUT2D eigenvalue weighted by atomic mass is 9.90. The summed E-state index contributed by atoms with van der Waals surface area (Å²) >= 11 is 1.80. The minimum absolute atomic E-state index is 0. The molecular formula is C13H24ClN3S. The van der Waals surface area contributed by atoms with E-state index in [0.29, 0.717) is 5.41 Å². The standard InChI is InChI=1S/C13H23N3S.ClH/c1-3-4-11-8-17-12(15-11)7-16-6-5-13(2,9-14)10-16;/h8H,3-7,9-10,14H2,1-2H3;1H. The summed E-state index contributed by atoms with van der Waals surface area (Å²) in [4.78, 5) is 7.17. The van der Waals surface area contributed by atoms with E-state index in [4.69, 9.17) is 5.73 Å². The highest BCUT2D eigenvalue weighted by atomic mass is 35.5. The normalized spacial score (nSPS) is 24.2. The minimum Gasteiger partial charge on any atom is -0.330 e. The topological polar surface area (TPSA) is 42.1 Å². The summed E-state index contributed by atoms with van der Waals surface area (Å²) in [5.74, 6) is 0. The molecule has 104 valence electrons. The highest BCUT2D eigenvalue weighted by Crippen LogP contribution is 2.29. The Balaban J connectivity index is 0.00000162. The molecule has 2 rings (SSSR count). The summed E-state index contributed by atoms with van der Waals surface area (Å²) in [5, 5.41) is 3.46. The van der Waals surface area contributed by atoms with Gasteiger partial charge in [-0.2, -0.15) is 0 Å². The average Bonchev–Trinajstić information content (AvgIpc) is 2.89.